The van der Waals surface area contributed by atoms with Crippen molar-refractivity contribution in [1.82, 2.24) is 5.32 Å². The minimum absolute atomic E-state index is 0.410. The molecule has 20 heavy (non-hydrogen) atoms. The van der Waals surface area contributed by atoms with Crippen molar-refractivity contribution in [3.63, 3.8) is 0 Å². The number of benzene rings is 1. The van der Waals surface area contributed by atoms with Gasteiger partial charge in [-0.25, -0.2) is 0 Å². The average molecular weight is 405 g/mol. The summed E-state index contributed by atoms with van der Waals surface area (Å²) in [7, 11) is 0. The summed E-state index contributed by atoms with van der Waals surface area (Å²) < 4.78 is 8.03. The molecule has 0 radical (unpaired) electrons. The van der Waals surface area contributed by atoms with Gasteiger partial charge in [0, 0.05) is 21.6 Å². The Balaban J connectivity index is 1.93. The lowest BCUT2D eigenvalue weighted by Gasteiger charge is -2.21. The maximum absolute atomic E-state index is 5.71. The number of nitrogens with one attached hydrogen (secondary N) is 1. The van der Waals surface area contributed by atoms with Crippen molar-refractivity contribution >= 4 is 31.9 Å². The minimum atomic E-state index is 0.410. The smallest absolute Gasteiger partial charge is 0.0576 e. The fourth-order valence-electron chi connectivity index (χ4n) is 2.82. The molecule has 2 unspecified atom stereocenters. The Kier molecular flexibility index (Phi) is 7.02. The Hall–Kier alpha value is 0.1000. The molecule has 2 nitrogen and oxygen atoms in total. The van der Waals surface area contributed by atoms with Crippen LogP contribution in [0, 0.1) is 0 Å². The molecular formula is C16H23Br2NO. The van der Waals surface area contributed by atoms with E-state index < -0.39 is 0 Å². The van der Waals surface area contributed by atoms with Crippen LogP contribution in [0.5, 0.6) is 0 Å². The molecule has 1 aliphatic heterocycles. The third kappa shape index (κ3) is 4.83. The van der Waals surface area contributed by atoms with Gasteiger partial charge in [-0.05, 0) is 62.4 Å². The predicted octanol–water partition coefficient (Wildman–Crippen LogP) is 5.21. The van der Waals surface area contributed by atoms with Crippen LogP contribution >= 0.6 is 31.9 Å². The standard InChI is InChI=1S/C16H23Br2NO/c1-2-19-16(7-3-5-13-6-4-10-20-13)14-11-12(17)8-9-15(14)18/h8-9,11,13,16,19H,2-7,10H2,1H3. The topological polar surface area (TPSA) is 21.3 Å². The largest absolute Gasteiger partial charge is 0.378 e. The van der Waals surface area contributed by atoms with E-state index in [0.29, 0.717) is 12.1 Å². The van der Waals surface area contributed by atoms with Crippen LogP contribution in [-0.2, 0) is 4.74 Å². The van der Waals surface area contributed by atoms with E-state index in [-0.39, 0.29) is 0 Å². The highest BCUT2D eigenvalue weighted by atomic mass is 79.9. The van der Waals surface area contributed by atoms with E-state index in [1.807, 2.05) is 0 Å². The Morgan fingerprint density at radius 3 is 2.95 bits per heavy atom. The molecule has 112 valence electrons. The van der Waals surface area contributed by atoms with Crippen molar-refractivity contribution in [3.8, 4) is 0 Å². The van der Waals surface area contributed by atoms with Gasteiger partial charge in [0.2, 0.25) is 0 Å². The van der Waals surface area contributed by atoms with E-state index in [1.165, 1.54) is 35.7 Å². The Bertz CT molecular complexity index is 419. The normalized spacial score (nSPS) is 20.2. The van der Waals surface area contributed by atoms with E-state index in [0.717, 1.165) is 24.0 Å². The van der Waals surface area contributed by atoms with Crippen LogP contribution in [-0.4, -0.2) is 19.3 Å². The molecule has 0 bridgehead atoms. The lowest BCUT2D eigenvalue weighted by molar-refractivity contribution is 0.101. The first kappa shape index (κ1) is 16.5. The highest BCUT2D eigenvalue weighted by Crippen LogP contribution is 2.30. The molecule has 0 aliphatic carbocycles. The summed E-state index contributed by atoms with van der Waals surface area (Å²) in [4.78, 5) is 0. The van der Waals surface area contributed by atoms with Gasteiger partial charge in [0.05, 0.1) is 6.10 Å². The molecule has 1 aromatic rings. The summed E-state index contributed by atoms with van der Waals surface area (Å²) in [6, 6.07) is 6.81. The van der Waals surface area contributed by atoms with Gasteiger partial charge in [-0.1, -0.05) is 38.8 Å². The van der Waals surface area contributed by atoms with E-state index in [1.54, 1.807) is 0 Å². The first-order valence-corrected chi connectivity index (χ1v) is 9.09. The summed E-state index contributed by atoms with van der Waals surface area (Å²) in [5.74, 6) is 0. The fraction of sp³-hybridized carbons (Fsp3) is 0.625. The highest BCUT2D eigenvalue weighted by molar-refractivity contribution is 9.11. The van der Waals surface area contributed by atoms with E-state index in [2.05, 4.69) is 62.3 Å². The van der Waals surface area contributed by atoms with Crippen molar-refractivity contribution in [2.75, 3.05) is 13.2 Å². The summed E-state index contributed by atoms with van der Waals surface area (Å²) in [5.41, 5.74) is 1.34. The lowest BCUT2D eigenvalue weighted by atomic mass is 9.99. The number of hydrogen-bond donors (Lipinski definition) is 1. The molecule has 0 amide bonds. The lowest BCUT2D eigenvalue weighted by Crippen LogP contribution is -2.21. The van der Waals surface area contributed by atoms with Gasteiger partial charge in [0.15, 0.2) is 0 Å². The summed E-state index contributed by atoms with van der Waals surface area (Å²) >= 11 is 7.24. The fourth-order valence-corrected chi connectivity index (χ4v) is 3.72. The first-order valence-electron chi connectivity index (χ1n) is 7.50. The van der Waals surface area contributed by atoms with Gasteiger partial charge in [0.1, 0.15) is 0 Å². The molecule has 1 aliphatic rings. The second-order valence-corrected chi connectivity index (χ2v) is 7.11. The molecular weight excluding hydrogens is 382 g/mol. The zero-order valence-electron chi connectivity index (χ0n) is 12.0. The summed E-state index contributed by atoms with van der Waals surface area (Å²) in [5, 5.41) is 3.60. The van der Waals surface area contributed by atoms with Gasteiger partial charge in [-0.3, -0.25) is 0 Å². The maximum atomic E-state index is 5.71. The highest BCUT2D eigenvalue weighted by Gasteiger charge is 2.18. The third-order valence-corrected chi connectivity index (χ3v) is 5.04. The van der Waals surface area contributed by atoms with Crippen LogP contribution in [0.15, 0.2) is 27.1 Å². The summed E-state index contributed by atoms with van der Waals surface area (Å²) in [6.07, 6.45) is 6.53. The SMILES string of the molecule is CCNC(CCCC1CCCO1)c1cc(Br)ccc1Br. The molecule has 1 N–H and O–H groups in total. The van der Waals surface area contributed by atoms with Crippen molar-refractivity contribution in [1.29, 1.82) is 0 Å². The van der Waals surface area contributed by atoms with E-state index in [9.17, 15) is 0 Å². The molecule has 2 atom stereocenters. The van der Waals surface area contributed by atoms with Crippen molar-refractivity contribution in [2.45, 2.75) is 51.2 Å². The monoisotopic (exact) mass is 403 g/mol. The molecule has 1 saturated heterocycles. The second-order valence-electron chi connectivity index (χ2n) is 5.34. The van der Waals surface area contributed by atoms with Crippen LogP contribution in [0.2, 0.25) is 0 Å². The zero-order valence-corrected chi connectivity index (χ0v) is 15.2. The van der Waals surface area contributed by atoms with Crippen molar-refractivity contribution in [2.24, 2.45) is 0 Å². The van der Waals surface area contributed by atoms with E-state index >= 15 is 0 Å². The van der Waals surface area contributed by atoms with Crippen LogP contribution in [0.4, 0.5) is 0 Å². The molecule has 0 spiro atoms. The molecule has 0 aromatic heterocycles. The number of ether oxygens (including phenoxy) is 1. The van der Waals surface area contributed by atoms with Crippen LogP contribution in [0.3, 0.4) is 0 Å². The quantitative estimate of drug-likeness (QED) is 0.673. The Labute approximate surface area is 138 Å². The molecule has 1 aromatic carbocycles. The molecule has 0 saturated carbocycles. The average Bonchev–Trinajstić information content (AvgIpc) is 2.94. The Morgan fingerprint density at radius 2 is 2.25 bits per heavy atom. The molecule has 4 heteroatoms. The van der Waals surface area contributed by atoms with Crippen molar-refractivity contribution < 1.29 is 4.74 Å². The van der Waals surface area contributed by atoms with Crippen LogP contribution in [0.25, 0.3) is 0 Å². The molecule has 1 heterocycles. The van der Waals surface area contributed by atoms with Gasteiger partial charge >= 0.3 is 0 Å². The van der Waals surface area contributed by atoms with Gasteiger partial charge in [0.25, 0.3) is 0 Å². The minimum Gasteiger partial charge on any atom is -0.378 e. The summed E-state index contributed by atoms with van der Waals surface area (Å²) in [6.45, 7) is 4.11. The van der Waals surface area contributed by atoms with Gasteiger partial charge in [-0.15, -0.1) is 0 Å². The predicted molar refractivity (Wildman–Crippen MR) is 91.1 cm³/mol. The van der Waals surface area contributed by atoms with Gasteiger partial charge in [-0.2, -0.15) is 0 Å². The van der Waals surface area contributed by atoms with Crippen LogP contribution in [0.1, 0.15) is 50.6 Å². The maximum Gasteiger partial charge on any atom is 0.0576 e. The molecule has 2 rings (SSSR count). The van der Waals surface area contributed by atoms with Crippen molar-refractivity contribution in [3.05, 3.63) is 32.7 Å². The Morgan fingerprint density at radius 1 is 1.40 bits per heavy atom. The molecule has 1 fully saturated rings. The van der Waals surface area contributed by atoms with Crippen LogP contribution < -0.4 is 5.32 Å². The first-order chi connectivity index (χ1) is 9.70. The third-order valence-electron chi connectivity index (χ3n) is 3.83. The number of hydrogen-bond acceptors (Lipinski definition) is 2. The van der Waals surface area contributed by atoms with Gasteiger partial charge < -0.3 is 10.1 Å². The number of halogens is 2. The second kappa shape index (κ2) is 8.52. The zero-order chi connectivity index (χ0) is 14.4. The number of rotatable bonds is 7. The van der Waals surface area contributed by atoms with E-state index in [4.69, 9.17) is 4.74 Å².